The first-order chi connectivity index (χ1) is 8.93. The standard InChI is InChI=1S/C12H13Cl2F3N2O/c1-11(2,3)10(20)19-18-9-7(13)4-6(5-8(9)14)12(15,16)17/h4-5,18H,1-3H3,(H,19,20). The topological polar surface area (TPSA) is 41.1 Å². The molecule has 1 amide bonds. The van der Waals surface area contributed by atoms with Crippen LogP contribution >= 0.6 is 23.2 Å². The molecule has 0 aliphatic heterocycles. The Bertz CT molecular complexity index is 501. The number of nitrogens with one attached hydrogen (secondary N) is 2. The van der Waals surface area contributed by atoms with Crippen LogP contribution in [0.15, 0.2) is 12.1 Å². The number of amides is 1. The summed E-state index contributed by atoms with van der Waals surface area (Å²) in [7, 11) is 0. The van der Waals surface area contributed by atoms with Crippen molar-refractivity contribution in [2.24, 2.45) is 5.41 Å². The second-order valence-corrected chi connectivity index (χ2v) is 5.96. The van der Waals surface area contributed by atoms with Crippen LogP contribution in [0.25, 0.3) is 0 Å². The number of hydrogen-bond acceptors (Lipinski definition) is 2. The fourth-order valence-electron chi connectivity index (χ4n) is 1.16. The summed E-state index contributed by atoms with van der Waals surface area (Å²) in [4.78, 5) is 11.6. The molecule has 0 unspecified atom stereocenters. The molecule has 1 aromatic carbocycles. The molecule has 0 spiro atoms. The summed E-state index contributed by atoms with van der Waals surface area (Å²) in [6.07, 6.45) is -4.54. The molecule has 1 rings (SSSR count). The van der Waals surface area contributed by atoms with E-state index in [9.17, 15) is 18.0 Å². The Morgan fingerprint density at radius 3 is 1.90 bits per heavy atom. The Hall–Kier alpha value is -1.14. The lowest BCUT2D eigenvalue weighted by atomic mass is 9.96. The van der Waals surface area contributed by atoms with E-state index in [1.165, 1.54) is 0 Å². The quantitative estimate of drug-likeness (QED) is 0.785. The maximum absolute atomic E-state index is 12.5. The van der Waals surface area contributed by atoms with Crippen LogP contribution in [0.2, 0.25) is 10.0 Å². The van der Waals surface area contributed by atoms with Crippen LogP contribution in [0.3, 0.4) is 0 Å². The first-order valence-corrected chi connectivity index (χ1v) is 6.31. The lowest BCUT2D eigenvalue weighted by Gasteiger charge is -2.20. The zero-order valence-electron chi connectivity index (χ0n) is 11.0. The van der Waals surface area contributed by atoms with E-state index in [1.807, 2.05) is 0 Å². The highest BCUT2D eigenvalue weighted by atomic mass is 35.5. The van der Waals surface area contributed by atoms with Crippen LogP contribution in [0.1, 0.15) is 26.3 Å². The van der Waals surface area contributed by atoms with Crippen molar-refractivity contribution in [2.45, 2.75) is 26.9 Å². The number of halogens is 5. The molecule has 0 saturated carbocycles. The monoisotopic (exact) mass is 328 g/mol. The molecule has 1 aromatic rings. The van der Waals surface area contributed by atoms with Gasteiger partial charge in [0.1, 0.15) is 0 Å². The third-order valence-corrected chi connectivity index (χ3v) is 2.95. The molecule has 0 saturated heterocycles. The minimum Gasteiger partial charge on any atom is -0.296 e. The van der Waals surface area contributed by atoms with Gasteiger partial charge in [-0.2, -0.15) is 13.2 Å². The summed E-state index contributed by atoms with van der Waals surface area (Å²) < 4.78 is 37.6. The molecule has 2 N–H and O–H groups in total. The van der Waals surface area contributed by atoms with Crippen molar-refractivity contribution in [1.82, 2.24) is 5.43 Å². The van der Waals surface area contributed by atoms with Gasteiger partial charge in [0, 0.05) is 5.41 Å². The highest BCUT2D eigenvalue weighted by molar-refractivity contribution is 6.39. The number of alkyl halides is 3. The molecule has 0 bridgehead atoms. The Balaban J connectivity index is 2.96. The number of hydrogen-bond donors (Lipinski definition) is 2. The van der Waals surface area contributed by atoms with E-state index in [0.29, 0.717) is 0 Å². The van der Waals surface area contributed by atoms with E-state index < -0.39 is 17.2 Å². The summed E-state index contributed by atoms with van der Waals surface area (Å²) >= 11 is 11.5. The van der Waals surface area contributed by atoms with E-state index in [0.717, 1.165) is 12.1 Å². The minimum absolute atomic E-state index is 0.0129. The number of carbonyl (C=O) groups is 1. The second kappa shape index (κ2) is 5.69. The molecular formula is C12H13Cl2F3N2O. The van der Waals surface area contributed by atoms with Crippen LogP contribution in [-0.2, 0) is 11.0 Å². The first-order valence-electron chi connectivity index (χ1n) is 5.55. The lowest BCUT2D eigenvalue weighted by molar-refractivity contribution is -0.137. The maximum atomic E-state index is 12.5. The molecule has 3 nitrogen and oxygen atoms in total. The molecule has 0 aromatic heterocycles. The van der Waals surface area contributed by atoms with Crippen LogP contribution in [-0.4, -0.2) is 5.91 Å². The zero-order valence-corrected chi connectivity index (χ0v) is 12.5. The SMILES string of the molecule is CC(C)(C)C(=O)NNc1c(Cl)cc(C(F)(F)F)cc1Cl. The molecule has 0 radical (unpaired) electrons. The molecule has 20 heavy (non-hydrogen) atoms. The van der Waals surface area contributed by atoms with E-state index in [4.69, 9.17) is 23.2 Å². The Morgan fingerprint density at radius 1 is 1.10 bits per heavy atom. The van der Waals surface area contributed by atoms with Crippen molar-refractivity contribution in [3.8, 4) is 0 Å². The van der Waals surface area contributed by atoms with Crippen molar-refractivity contribution >= 4 is 34.8 Å². The number of carbonyl (C=O) groups excluding carboxylic acids is 1. The Morgan fingerprint density at radius 2 is 1.55 bits per heavy atom. The molecule has 0 aliphatic rings. The number of anilines is 1. The Labute approximate surface area is 124 Å². The molecule has 8 heteroatoms. The van der Waals surface area contributed by atoms with Crippen molar-refractivity contribution in [1.29, 1.82) is 0 Å². The molecule has 0 fully saturated rings. The first kappa shape index (κ1) is 16.9. The fourth-order valence-corrected chi connectivity index (χ4v) is 1.74. The summed E-state index contributed by atoms with van der Waals surface area (Å²) in [6, 6.07) is 1.47. The summed E-state index contributed by atoms with van der Waals surface area (Å²) in [5.41, 5.74) is 3.16. The van der Waals surface area contributed by atoms with E-state index in [2.05, 4.69) is 10.9 Å². The largest absolute Gasteiger partial charge is 0.416 e. The summed E-state index contributed by atoms with van der Waals surface area (Å²) in [5, 5.41) is -0.474. The van der Waals surface area contributed by atoms with Gasteiger partial charge in [0.2, 0.25) is 5.91 Å². The van der Waals surface area contributed by atoms with Crippen molar-refractivity contribution in [3.05, 3.63) is 27.7 Å². The van der Waals surface area contributed by atoms with Gasteiger partial charge in [-0.1, -0.05) is 44.0 Å². The summed E-state index contributed by atoms with van der Waals surface area (Å²) in [5.74, 6) is -0.357. The predicted molar refractivity (Wildman–Crippen MR) is 72.7 cm³/mol. The van der Waals surface area contributed by atoms with Crippen LogP contribution in [0.4, 0.5) is 18.9 Å². The van der Waals surface area contributed by atoms with E-state index in [-0.39, 0.29) is 21.6 Å². The number of benzene rings is 1. The molecule has 0 atom stereocenters. The van der Waals surface area contributed by atoms with Gasteiger partial charge in [0.05, 0.1) is 21.3 Å². The average Bonchev–Trinajstić information content (AvgIpc) is 2.24. The molecular weight excluding hydrogens is 316 g/mol. The molecule has 112 valence electrons. The van der Waals surface area contributed by atoms with Crippen molar-refractivity contribution < 1.29 is 18.0 Å². The van der Waals surface area contributed by atoms with Gasteiger partial charge in [0.25, 0.3) is 0 Å². The van der Waals surface area contributed by atoms with E-state index >= 15 is 0 Å². The van der Waals surface area contributed by atoms with Crippen molar-refractivity contribution in [2.75, 3.05) is 5.43 Å². The number of rotatable bonds is 2. The van der Waals surface area contributed by atoms with Gasteiger partial charge < -0.3 is 0 Å². The van der Waals surface area contributed by atoms with Gasteiger partial charge in [-0.3, -0.25) is 15.6 Å². The van der Waals surface area contributed by atoms with Crippen LogP contribution in [0.5, 0.6) is 0 Å². The highest BCUT2D eigenvalue weighted by Gasteiger charge is 2.32. The minimum atomic E-state index is -4.54. The van der Waals surface area contributed by atoms with Crippen LogP contribution in [0, 0.1) is 5.41 Å². The predicted octanol–water partition coefficient (Wildman–Crippen LogP) is 4.50. The van der Waals surface area contributed by atoms with Gasteiger partial charge in [-0.05, 0) is 12.1 Å². The maximum Gasteiger partial charge on any atom is 0.416 e. The third-order valence-electron chi connectivity index (χ3n) is 2.35. The van der Waals surface area contributed by atoms with E-state index in [1.54, 1.807) is 20.8 Å². The smallest absolute Gasteiger partial charge is 0.296 e. The number of hydrazine groups is 1. The van der Waals surface area contributed by atoms with Gasteiger partial charge in [-0.25, -0.2) is 0 Å². The lowest BCUT2D eigenvalue weighted by Crippen LogP contribution is -2.38. The van der Waals surface area contributed by atoms with Crippen LogP contribution < -0.4 is 10.9 Å². The molecule has 0 aliphatic carbocycles. The van der Waals surface area contributed by atoms with Gasteiger partial charge in [0.15, 0.2) is 0 Å². The summed E-state index contributed by atoms with van der Waals surface area (Å²) in [6.45, 7) is 5.04. The highest BCUT2D eigenvalue weighted by Crippen LogP contribution is 2.38. The zero-order chi connectivity index (χ0) is 15.7. The fraction of sp³-hybridized carbons (Fsp3) is 0.417. The second-order valence-electron chi connectivity index (χ2n) is 5.14. The van der Waals surface area contributed by atoms with Gasteiger partial charge >= 0.3 is 6.18 Å². The normalized spacial score (nSPS) is 12.2. The third kappa shape index (κ3) is 4.18. The molecule has 0 heterocycles. The van der Waals surface area contributed by atoms with Gasteiger partial charge in [-0.15, -0.1) is 0 Å². The Kier molecular flexibility index (Phi) is 4.82. The average molecular weight is 329 g/mol. The van der Waals surface area contributed by atoms with Crippen molar-refractivity contribution in [3.63, 3.8) is 0 Å².